The molecule has 0 spiro atoms. The van der Waals surface area contributed by atoms with E-state index in [0.29, 0.717) is 29.9 Å². The van der Waals surface area contributed by atoms with Crippen LogP contribution in [0.15, 0.2) is 47.3 Å². The third-order valence-electron chi connectivity index (χ3n) is 6.46. The number of hydrogen-bond donors (Lipinski definition) is 0. The average Bonchev–Trinajstić information content (AvgIpc) is 2.82. The molecule has 1 aliphatic heterocycles. The first-order valence-electron chi connectivity index (χ1n) is 11.6. The van der Waals surface area contributed by atoms with Gasteiger partial charge in [-0.15, -0.1) is 0 Å². The third-order valence-corrected chi connectivity index (χ3v) is 6.46. The number of fused-ring (bicyclic) bond motifs is 1. The van der Waals surface area contributed by atoms with Crippen LogP contribution in [-0.2, 0) is 19.6 Å². The van der Waals surface area contributed by atoms with Crippen LogP contribution in [0.4, 0.5) is 0 Å². The lowest BCUT2D eigenvalue weighted by Crippen LogP contribution is -2.43. The van der Waals surface area contributed by atoms with E-state index in [1.165, 1.54) is 5.56 Å². The number of piperazine rings is 1. The summed E-state index contributed by atoms with van der Waals surface area (Å²) in [6.07, 6.45) is 0. The second-order valence-corrected chi connectivity index (χ2v) is 9.01. The number of amides is 1. The zero-order valence-electron chi connectivity index (χ0n) is 20.0. The molecule has 1 aliphatic rings. The second-order valence-electron chi connectivity index (χ2n) is 9.01. The lowest BCUT2D eigenvalue weighted by molar-refractivity contribution is 0.0785. The summed E-state index contributed by atoms with van der Waals surface area (Å²) in [5.74, 6) is -0.0629. The van der Waals surface area contributed by atoms with E-state index in [0.717, 1.165) is 43.8 Å². The molecule has 0 aliphatic carbocycles. The van der Waals surface area contributed by atoms with Crippen molar-refractivity contribution >= 4 is 16.9 Å². The van der Waals surface area contributed by atoms with Crippen LogP contribution in [0.3, 0.4) is 0 Å². The number of likely N-dealkylation sites (N-methyl/N-ethyl adjacent to an activating group) is 1. The highest BCUT2D eigenvalue weighted by molar-refractivity contribution is 5.97. The summed E-state index contributed by atoms with van der Waals surface area (Å²) in [7, 11) is 3.99. The molecule has 1 aromatic heterocycles. The molecule has 4 rings (SSSR count). The maximum atomic E-state index is 13.1. The molecule has 0 unspecified atom stereocenters. The molecule has 0 N–H and O–H groups in total. The molecule has 2 aromatic carbocycles. The maximum Gasteiger partial charge on any atom is 0.272 e. The Labute approximate surface area is 195 Å². The molecule has 33 heavy (non-hydrogen) atoms. The molecule has 1 fully saturated rings. The molecule has 0 bridgehead atoms. The van der Waals surface area contributed by atoms with Crippen LogP contribution in [0.2, 0.25) is 0 Å². The van der Waals surface area contributed by atoms with Crippen LogP contribution in [0.5, 0.6) is 0 Å². The van der Waals surface area contributed by atoms with E-state index in [4.69, 9.17) is 0 Å². The maximum absolute atomic E-state index is 13.1. The minimum absolute atomic E-state index is 0.0629. The van der Waals surface area contributed by atoms with Crippen LogP contribution < -0.4 is 5.56 Å². The Morgan fingerprint density at radius 3 is 2.36 bits per heavy atom. The van der Waals surface area contributed by atoms with Crippen molar-refractivity contribution in [1.29, 1.82) is 0 Å². The van der Waals surface area contributed by atoms with Gasteiger partial charge in [-0.3, -0.25) is 14.5 Å². The van der Waals surface area contributed by atoms with Crippen molar-refractivity contribution in [2.75, 3.05) is 40.3 Å². The topological polar surface area (TPSA) is 61.7 Å². The first-order chi connectivity index (χ1) is 15.9. The van der Waals surface area contributed by atoms with Crippen LogP contribution in [-0.4, -0.2) is 70.4 Å². The quantitative estimate of drug-likeness (QED) is 0.582. The Kier molecular flexibility index (Phi) is 6.91. The van der Waals surface area contributed by atoms with Crippen molar-refractivity contribution < 1.29 is 4.79 Å². The van der Waals surface area contributed by atoms with Gasteiger partial charge < -0.3 is 14.4 Å². The molecular formula is C26H33N5O2. The lowest BCUT2D eigenvalue weighted by Gasteiger charge is -2.32. The smallest absolute Gasteiger partial charge is 0.272 e. The highest BCUT2D eigenvalue weighted by atomic mass is 16.2. The molecule has 2 heterocycles. The summed E-state index contributed by atoms with van der Waals surface area (Å²) < 4.78 is 1.69. The van der Waals surface area contributed by atoms with E-state index in [1.807, 2.05) is 20.0 Å². The number of benzene rings is 2. The van der Waals surface area contributed by atoms with Gasteiger partial charge >= 0.3 is 0 Å². The number of rotatable bonds is 6. The summed E-state index contributed by atoms with van der Waals surface area (Å²) in [5, 5.41) is 0. The van der Waals surface area contributed by atoms with Crippen LogP contribution in [0.25, 0.3) is 11.0 Å². The van der Waals surface area contributed by atoms with Gasteiger partial charge in [0.25, 0.3) is 11.5 Å². The number of aryl methyl sites for hydroxylation is 2. The van der Waals surface area contributed by atoms with Crippen molar-refractivity contribution in [3.63, 3.8) is 0 Å². The fourth-order valence-corrected chi connectivity index (χ4v) is 4.40. The Balaban J connectivity index is 1.43. The van der Waals surface area contributed by atoms with Gasteiger partial charge in [0, 0.05) is 58.4 Å². The highest BCUT2D eigenvalue weighted by Gasteiger charge is 2.16. The number of aromatic nitrogens is 2. The number of nitrogens with zero attached hydrogens (tertiary/aromatic N) is 5. The van der Waals surface area contributed by atoms with Crippen LogP contribution in [0, 0.1) is 6.92 Å². The fourth-order valence-electron chi connectivity index (χ4n) is 4.40. The van der Waals surface area contributed by atoms with Crippen LogP contribution >= 0.6 is 0 Å². The van der Waals surface area contributed by atoms with Crippen molar-refractivity contribution in [3.05, 3.63) is 75.2 Å². The van der Waals surface area contributed by atoms with E-state index in [-0.39, 0.29) is 11.5 Å². The molecule has 7 nitrogen and oxygen atoms in total. The Morgan fingerprint density at radius 1 is 1.03 bits per heavy atom. The van der Waals surface area contributed by atoms with E-state index >= 15 is 0 Å². The lowest BCUT2D eigenvalue weighted by atomic mass is 10.1. The number of carbonyl (C=O) groups is 1. The summed E-state index contributed by atoms with van der Waals surface area (Å²) >= 11 is 0. The molecule has 0 saturated carbocycles. The van der Waals surface area contributed by atoms with Crippen molar-refractivity contribution in [3.8, 4) is 0 Å². The molecule has 7 heteroatoms. The minimum Gasteiger partial charge on any atom is -0.337 e. The summed E-state index contributed by atoms with van der Waals surface area (Å²) in [6.45, 7) is 10.1. The third kappa shape index (κ3) is 5.15. The standard InChI is InChI=1S/C26H33N5O2/c1-5-31-24-11-10-22(16-23(24)27-19(2)25(31)32)26(33)29(4)17-20-6-8-21(9-7-20)18-30-14-12-28(3)13-15-30/h6-11,16H,5,12-15,17-18H2,1-4H3. The van der Waals surface area contributed by atoms with Crippen molar-refractivity contribution in [2.45, 2.75) is 33.5 Å². The molecule has 1 saturated heterocycles. The monoisotopic (exact) mass is 447 g/mol. The Morgan fingerprint density at radius 2 is 1.70 bits per heavy atom. The van der Waals surface area contributed by atoms with E-state index in [1.54, 1.807) is 28.5 Å². The van der Waals surface area contributed by atoms with Crippen LogP contribution in [0.1, 0.15) is 34.1 Å². The van der Waals surface area contributed by atoms with Gasteiger partial charge in [0.1, 0.15) is 5.69 Å². The molecule has 3 aromatic rings. The fraction of sp³-hybridized carbons (Fsp3) is 0.423. The number of hydrogen-bond acceptors (Lipinski definition) is 5. The Hall–Kier alpha value is -3.03. The first-order valence-corrected chi connectivity index (χ1v) is 11.6. The van der Waals surface area contributed by atoms with Gasteiger partial charge in [0.15, 0.2) is 0 Å². The normalized spacial score (nSPS) is 15.2. The molecule has 0 radical (unpaired) electrons. The zero-order chi connectivity index (χ0) is 23.5. The predicted molar refractivity (Wildman–Crippen MR) is 131 cm³/mol. The Bertz CT molecular complexity index is 1190. The number of carbonyl (C=O) groups excluding carboxylic acids is 1. The average molecular weight is 448 g/mol. The predicted octanol–water partition coefficient (Wildman–Crippen LogP) is 2.74. The SMILES string of the molecule is CCn1c(=O)c(C)nc2cc(C(=O)N(C)Cc3ccc(CN4CCN(C)CC4)cc3)ccc21. The van der Waals surface area contributed by atoms with Gasteiger partial charge in [0.2, 0.25) is 0 Å². The summed E-state index contributed by atoms with van der Waals surface area (Å²) in [5.41, 5.74) is 4.75. The summed E-state index contributed by atoms with van der Waals surface area (Å²) in [4.78, 5) is 36.4. The zero-order valence-corrected chi connectivity index (χ0v) is 20.0. The van der Waals surface area contributed by atoms with E-state index in [2.05, 4.69) is 46.1 Å². The molecule has 1 amide bonds. The highest BCUT2D eigenvalue weighted by Crippen LogP contribution is 2.17. The molecule has 174 valence electrons. The minimum atomic E-state index is -0.0859. The van der Waals surface area contributed by atoms with Crippen molar-refractivity contribution in [1.82, 2.24) is 24.3 Å². The molecule has 0 atom stereocenters. The first kappa shape index (κ1) is 23.1. The van der Waals surface area contributed by atoms with Gasteiger partial charge in [0.05, 0.1) is 11.0 Å². The van der Waals surface area contributed by atoms with E-state index < -0.39 is 0 Å². The van der Waals surface area contributed by atoms with E-state index in [9.17, 15) is 9.59 Å². The van der Waals surface area contributed by atoms with Gasteiger partial charge in [-0.2, -0.15) is 0 Å². The second kappa shape index (κ2) is 9.85. The van der Waals surface area contributed by atoms with Gasteiger partial charge in [-0.05, 0) is 50.2 Å². The summed E-state index contributed by atoms with van der Waals surface area (Å²) in [6, 6.07) is 13.9. The molecular weight excluding hydrogens is 414 g/mol. The largest absolute Gasteiger partial charge is 0.337 e. The van der Waals surface area contributed by atoms with Gasteiger partial charge in [-0.25, -0.2) is 4.98 Å². The van der Waals surface area contributed by atoms with Gasteiger partial charge in [-0.1, -0.05) is 24.3 Å². The van der Waals surface area contributed by atoms with Crippen molar-refractivity contribution in [2.24, 2.45) is 0 Å².